The van der Waals surface area contributed by atoms with Crippen molar-refractivity contribution in [3.63, 3.8) is 0 Å². The molecule has 0 aliphatic carbocycles. The van der Waals surface area contributed by atoms with Crippen LogP contribution >= 0.6 is 0 Å². The van der Waals surface area contributed by atoms with E-state index in [-0.39, 0.29) is 12.4 Å². The minimum atomic E-state index is -3.31. The Balaban J connectivity index is 2.27. The van der Waals surface area contributed by atoms with Crippen LogP contribution in [0.1, 0.15) is 6.42 Å². The minimum Gasteiger partial charge on any atom is -0.395 e. The Hall–Kier alpha value is -1.11. The molecule has 0 saturated carbocycles. The van der Waals surface area contributed by atoms with Gasteiger partial charge in [-0.05, 0) is 18.6 Å². The number of benzene rings is 1. The molecule has 18 heavy (non-hydrogen) atoms. The zero-order valence-electron chi connectivity index (χ0n) is 10.5. The molecule has 0 heterocycles. The zero-order valence-corrected chi connectivity index (χ0v) is 11.4. The van der Waals surface area contributed by atoms with Gasteiger partial charge in [0, 0.05) is 25.8 Å². The van der Waals surface area contributed by atoms with Crippen molar-refractivity contribution in [2.75, 3.05) is 37.4 Å². The highest BCUT2D eigenvalue weighted by Gasteiger charge is 2.08. The maximum absolute atomic E-state index is 11.3. The molecule has 0 fully saturated rings. The van der Waals surface area contributed by atoms with Crippen LogP contribution < -0.4 is 9.62 Å². The van der Waals surface area contributed by atoms with Crippen LogP contribution in [-0.4, -0.2) is 46.0 Å². The number of nitrogens with zero attached hydrogens (tertiary/aromatic N) is 1. The van der Waals surface area contributed by atoms with Crippen molar-refractivity contribution in [1.29, 1.82) is 0 Å². The molecule has 0 amide bonds. The summed E-state index contributed by atoms with van der Waals surface area (Å²) in [5, 5.41) is 8.57. The van der Waals surface area contributed by atoms with Crippen LogP contribution in [0.25, 0.3) is 0 Å². The van der Waals surface area contributed by atoms with Crippen molar-refractivity contribution in [1.82, 2.24) is 4.72 Å². The first kappa shape index (κ1) is 14.9. The van der Waals surface area contributed by atoms with Gasteiger partial charge in [0.2, 0.25) is 10.0 Å². The minimum absolute atomic E-state index is 0.235. The van der Waals surface area contributed by atoms with Crippen molar-refractivity contribution in [3.05, 3.63) is 30.3 Å². The highest BCUT2D eigenvalue weighted by Crippen LogP contribution is 2.10. The predicted octanol–water partition coefficient (Wildman–Crippen LogP) is 0.425. The highest BCUT2D eigenvalue weighted by atomic mass is 32.2. The second-order valence-electron chi connectivity index (χ2n) is 4.05. The molecule has 1 rings (SSSR count). The Morgan fingerprint density at radius 3 is 2.56 bits per heavy atom. The average Bonchev–Trinajstić information content (AvgIpc) is 2.35. The maximum atomic E-state index is 11.3. The van der Waals surface area contributed by atoms with Crippen molar-refractivity contribution in [3.8, 4) is 0 Å². The Labute approximate surface area is 108 Å². The lowest BCUT2D eigenvalue weighted by molar-refractivity contribution is 0.319. The standard InChI is InChI=1S/C12H20N2O3S/c1-14(12-6-3-2-4-7-12)9-5-8-13-18(16,17)11-10-15/h2-4,6-7,13,15H,5,8-11H2,1H3. The molecule has 6 heteroatoms. The molecular formula is C12H20N2O3S. The van der Waals surface area contributed by atoms with E-state index >= 15 is 0 Å². The van der Waals surface area contributed by atoms with Crippen LogP contribution in [-0.2, 0) is 10.0 Å². The van der Waals surface area contributed by atoms with E-state index in [1.54, 1.807) is 0 Å². The molecule has 102 valence electrons. The smallest absolute Gasteiger partial charge is 0.213 e. The van der Waals surface area contributed by atoms with Crippen LogP contribution in [0.5, 0.6) is 0 Å². The quantitative estimate of drug-likeness (QED) is 0.673. The summed E-state index contributed by atoms with van der Waals surface area (Å²) in [6, 6.07) is 9.91. The van der Waals surface area contributed by atoms with Crippen LogP contribution in [0, 0.1) is 0 Å². The van der Waals surface area contributed by atoms with Gasteiger partial charge in [-0.15, -0.1) is 0 Å². The third kappa shape index (κ3) is 5.48. The Kier molecular flexibility index (Phi) is 6.11. The van der Waals surface area contributed by atoms with Gasteiger partial charge >= 0.3 is 0 Å². The molecule has 0 radical (unpaired) electrons. The van der Waals surface area contributed by atoms with Crippen LogP contribution in [0.15, 0.2) is 30.3 Å². The zero-order chi connectivity index (χ0) is 13.4. The molecule has 0 bridgehead atoms. The number of rotatable bonds is 8. The van der Waals surface area contributed by atoms with E-state index in [0.29, 0.717) is 6.54 Å². The molecule has 0 spiro atoms. The van der Waals surface area contributed by atoms with Gasteiger partial charge in [0.1, 0.15) is 0 Å². The van der Waals surface area contributed by atoms with E-state index in [1.807, 2.05) is 37.4 Å². The lowest BCUT2D eigenvalue weighted by Crippen LogP contribution is -2.30. The van der Waals surface area contributed by atoms with Gasteiger partial charge in [-0.1, -0.05) is 18.2 Å². The molecule has 2 N–H and O–H groups in total. The molecule has 1 aromatic carbocycles. The van der Waals surface area contributed by atoms with Gasteiger partial charge in [0.15, 0.2) is 0 Å². The Bertz CT molecular complexity index is 434. The summed E-state index contributed by atoms with van der Waals surface area (Å²) < 4.78 is 25.0. The van der Waals surface area contributed by atoms with Gasteiger partial charge in [-0.3, -0.25) is 0 Å². The lowest BCUT2D eigenvalue weighted by Gasteiger charge is -2.19. The topological polar surface area (TPSA) is 69.6 Å². The SMILES string of the molecule is CN(CCCNS(=O)(=O)CCO)c1ccccc1. The fraction of sp³-hybridized carbons (Fsp3) is 0.500. The molecule has 5 nitrogen and oxygen atoms in total. The van der Waals surface area contributed by atoms with Gasteiger partial charge in [-0.2, -0.15) is 0 Å². The number of hydrogen-bond donors (Lipinski definition) is 2. The number of hydrogen-bond acceptors (Lipinski definition) is 4. The maximum Gasteiger partial charge on any atom is 0.213 e. The molecule has 0 aromatic heterocycles. The summed E-state index contributed by atoms with van der Waals surface area (Å²) in [5.41, 5.74) is 1.11. The largest absolute Gasteiger partial charge is 0.395 e. The summed E-state index contributed by atoms with van der Waals surface area (Å²) in [4.78, 5) is 2.07. The second-order valence-corrected chi connectivity index (χ2v) is 5.97. The predicted molar refractivity (Wildman–Crippen MR) is 73.2 cm³/mol. The normalized spacial score (nSPS) is 11.4. The number of aliphatic hydroxyl groups excluding tert-OH is 1. The van der Waals surface area contributed by atoms with E-state index in [2.05, 4.69) is 9.62 Å². The molecule has 0 atom stereocenters. The first-order valence-electron chi connectivity index (χ1n) is 5.89. The number of para-hydroxylation sites is 1. The van der Waals surface area contributed by atoms with Gasteiger partial charge in [0.25, 0.3) is 0 Å². The molecule has 0 unspecified atom stereocenters. The summed E-state index contributed by atoms with van der Waals surface area (Å²) in [7, 11) is -1.34. The fourth-order valence-electron chi connectivity index (χ4n) is 1.55. The summed E-state index contributed by atoms with van der Waals surface area (Å²) in [6.07, 6.45) is 0.718. The van der Waals surface area contributed by atoms with Crippen molar-refractivity contribution < 1.29 is 13.5 Å². The van der Waals surface area contributed by atoms with Gasteiger partial charge in [0.05, 0.1) is 12.4 Å². The van der Waals surface area contributed by atoms with Crippen molar-refractivity contribution in [2.24, 2.45) is 0 Å². The monoisotopic (exact) mass is 272 g/mol. The summed E-state index contributed by atoms with van der Waals surface area (Å²) >= 11 is 0. The number of aliphatic hydroxyl groups is 1. The van der Waals surface area contributed by atoms with Gasteiger partial charge in [-0.25, -0.2) is 13.1 Å². The van der Waals surface area contributed by atoms with E-state index in [0.717, 1.165) is 18.7 Å². The van der Waals surface area contributed by atoms with Gasteiger partial charge < -0.3 is 10.0 Å². The summed E-state index contributed by atoms with van der Waals surface area (Å²) in [6.45, 7) is 0.810. The molecule has 0 saturated heterocycles. The highest BCUT2D eigenvalue weighted by molar-refractivity contribution is 7.89. The van der Waals surface area contributed by atoms with E-state index in [9.17, 15) is 8.42 Å². The third-order valence-corrected chi connectivity index (χ3v) is 3.91. The van der Waals surface area contributed by atoms with Crippen LogP contribution in [0.3, 0.4) is 0 Å². The van der Waals surface area contributed by atoms with E-state index in [4.69, 9.17) is 5.11 Å². The van der Waals surface area contributed by atoms with Crippen molar-refractivity contribution >= 4 is 15.7 Å². The molecule has 1 aromatic rings. The van der Waals surface area contributed by atoms with Crippen molar-refractivity contribution in [2.45, 2.75) is 6.42 Å². The van der Waals surface area contributed by atoms with Crippen LogP contribution in [0.2, 0.25) is 0 Å². The van der Waals surface area contributed by atoms with E-state index < -0.39 is 10.0 Å². The Morgan fingerprint density at radius 2 is 1.94 bits per heavy atom. The number of anilines is 1. The molecule has 0 aliphatic rings. The number of sulfonamides is 1. The Morgan fingerprint density at radius 1 is 1.28 bits per heavy atom. The average molecular weight is 272 g/mol. The summed E-state index contributed by atoms with van der Waals surface area (Å²) in [5.74, 6) is -0.235. The lowest BCUT2D eigenvalue weighted by atomic mass is 10.3. The molecule has 0 aliphatic heterocycles. The number of nitrogens with one attached hydrogen (secondary N) is 1. The third-order valence-electron chi connectivity index (χ3n) is 2.55. The van der Waals surface area contributed by atoms with Crippen LogP contribution in [0.4, 0.5) is 5.69 Å². The first-order chi connectivity index (χ1) is 8.55. The fourth-order valence-corrected chi connectivity index (χ4v) is 2.39. The second kappa shape index (κ2) is 7.35. The van der Waals surface area contributed by atoms with E-state index in [1.165, 1.54) is 0 Å². The first-order valence-corrected chi connectivity index (χ1v) is 7.55. The molecular weight excluding hydrogens is 252 g/mol.